The molecule has 0 radical (unpaired) electrons. The molecule has 4 N–H and O–H groups in total. The van der Waals surface area contributed by atoms with E-state index in [0.717, 1.165) is 0 Å². The lowest BCUT2D eigenvalue weighted by Gasteiger charge is -2.26. The van der Waals surface area contributed by atoms with E-state index >= 15 is 0 Å². The summed E-state index contributed by atoms with van der Waals surface area (Å²) in [4.78, 5) is 23.0. The smallest absolute Gasteiger partial charge is 0.313 e. The lowest BCUT2D eigenvalue weighted by Crippen LogP contribution is -2.48. The Bertz CT molecular complexity index is 476. The van der Waals surface area contributed by atoms with Crippen LogP contribution in [0.3, 0.4) is 0 Å². The topological polar surface area (TPSA) is 124 Å². The average Bonchev–Trinajstić information content (AvgIpc) is 2.57. The van der Waals surface area contributed by atoms with E-state index < -0.39 is 42.9 Å². The highest BCUT2D eigenvalue weighted by Gasteiger charge is 2.34. The van der Waals surface area contributed by atoms with Crippen molar-refractivity contribution in [3.63, 3.8) is 0 Å². The van der Waals surface area contributed by atoms with Gasteiger partial charge in [0.25, 0.3) is 0 Å². The molecular weight excluding hydrogens is 292 g/mol. The fourth-order valence-electron chi connectivity index (χ4n) is 1.82. The lowest BCUT2D eigenvalue weighted by atomic mass is 10.0. The second-order valence-corrected chi connectivity index (χ2v) is 4.90. The van der Waals surface area contributed by atoms with E-state index in [2.05, 4.69) is 0 Å². The minimum absolute atomic E-state index is 0.160. The van der Waals surface area contributed by atoms with E-state index in [1.807, 2.05) is 0 Å². The molecule has 0 aliphatic carbocycles. The molecule has 22 heavy (non-hydrogen) atoms. The van der Waals surface area contributed by atoms with Crippen LogP contribution in [0.25, 0.3) is 0 Å². The van der Waals surface area contributed by atoms with Crippen molar-refractivity contribution in [2.24, 2.45) is 0 Å². The van der Waals surface area contributed by atoms with Gasteiger partial charge in [-0.05, 0) is 12.5 Å². The molecule has 0 saturated heterocycles. The Morgan fingerprint density at radius 1 is 1.18 bits per heavy atom. The lowest BCUT2D eigenvalue weighted by molar-refractivity contribution is -0.169. The molecule has 7 heteroatoms. The van der Waals surface area contributed by atoms with Crippen LogP contribution in [-0.2, 0) is 14.3 Å². The number of aliphatic hydroxyl groups is 4. The van der Waals surface area contributed by atoms with Gasteiger partial charge in [0.05, 0.1) is 12.5 Å². The third kappa shape index (κ3) is 4.60. The highest BCUT2D eigenvalue weighted by molar-refractivity contribution is 5.79. The van der Waals surface area contributed by atoms with Crippen molar-refractivity contribution in [2.75, 3.05) is 6.61 Å². The van der Waals surface area contributed by atoms with Gasteiger partial charge in [-0.2, -0.15) is 0 Å². The van der Waals surface area contributed by atoms with Crippen LogP contribution < -0.4 is 0 Å². The van der Waals surface area contributed by atoms with Gasteiger partial charge in [0, 0.05) is 0 Å². The number of hydrogen-bond donors (Lipinski definition) is 4. The van der Waals surface area contributed by atoms with Crippen LogP contribution in [0, 0.1) is 0 Å². The molecule has 1 aromatic carbocycles. The molecule has 0 aliphatic rings. The van der Waals surface area contributed by atoms with Crippen LogP contribution in [0.2, 0.25) is 0 Å². The number of ether oxygens (including phenoxy) is 1. The van der Waals surface area contributed by atoms with Gasteiger partial charge in [-0.1, -0.05) is 30.3 Å². The first-order valence-electron chi connectivity index (χ1n) is 6.78. The Morgan fingerprint density at radius 3 is 2.27 bits per heavy atom. The highest BCUT2D eigenvalue weighted by Crippen LogP contribution is 2.18. The first kappa shape index (κ1) is 18.2. The van der Waals surface area contributed by atoms with E-state index in [-0.39, 0.29) is 6.29 Å². The largest absolute Gasteiger partial charge is 0.451 e. The van der Waals surface area contributed by atoms with Crippen molar-refractivity contribution in [3.8, 4) is 0 Å². The predicted molar refractivity (Wildman–Crippen MR) is 75.9 cm³/mol. The molecule has 1 rings (SSSR count). The number of carbonyl (C=O) groups is 2. The fraction of sp³-hybridized carbons (Fsp3) is 0.467. The third-order valence-corrected chi connectivity index (χ3v) is 3.31. The summed E-state index contributed by atoms with van der Waals surface area (Å²) in [6.07, 6.45) is -6.79. The molecule has 0 heterocycles. The van der Waals surface area contributed by atoms with E-state index in [1.165, 1.54) is 0 Å². The molecule has 0 aliphatic heterocycles. The molecule has 0 aromatic heterocycles. The summed E-state index contributed by atoms with van der Waals surface area (Å²) >= 11 is 0. The molecule has 1 aromatic rings. The number of hydrogen-bond acceptors (Lipinski definition) is 7. The van der Waals surface area contributed by atoms with Gasteiger partial charge in [-0.15, -0.1) is 0 Å². The van der Waals surface area contributed by atoms with Gasteiger partial charge in [0.1, 0.15) is 18.3 Å². The third-order valence-electron chi connectivity index (χ3n) is 3.31. The van der Waals surface area contributed by atoms with Crippen molar-refractivity contribution >= 4 is 12.3 Å². The average molecular weight is 312 g/mol. The zero-order valence-electron chi connectivity index (χ0n) is 12.1. The summed E-state index contributed by atoms with van der Waals surface area (Å²) in [7, 11) is 0. The fourth-order valence-corrected chi connectivity index (χ4v) is 1.82. The zero-order valence-corrected chi connectivity index (χ0v) is 12.1. The van der Waals surface area contributed by atoms with Gasteiger partial charge in [-0.3, -0.25) is 9.59 Å². The van der Waals surface area contributed by atoms with Crippen LogP contribution in [0.1, 0.15) is 18.4 Å². The van der Waals surface area contributed by atoms with Crippen molar-refractivity contribution < 1.29 is 34.8 Å². The normalized spacial score (nSPS) is 17.9. The minimum Gasteiger partial charge on any atom is -0.451 e. The van der Waals surface area contributed by atoms with Gasteiger partial charge < -0.3 is 25.2 Å². The highest BCUT2D eigenvalue weighted by atomic mass is 16.6. The quantitative estimate of drug-likeness (QED) is 0.357. The number of aliphatic hydroxyl groups excluding tert-OH is 4. The number of benzene rings is 1. The summed E-state index contributed by atoms with van der Waals surface area (Å²) in [5.74, 6) is -1.43. The van der Waals surface area contributed by atoms with Gasteiger partial charge in [-0.25, -0.2) is 0 Å². The van der Waals surface area contributed by atoms with Crippen LogP contribution >= 0.6 is 0 Å². The summed E-state index contributed by atoms with van der Waals surface area (Å²) in [6.45, 7) is 0.767. The van der Waals surface area contributed by atoms with Crippen molar-refractivity contribution in [3.05, 3.63) is 35.9 Å². The Labute approximate surface area is 127 Å². The maximum atomic E-state index is 12.0. The van der Waals surface area contributed by atoms with E-state index in [1.54, 1.807) is 37.3 Å². The monoisotopic (exact) mass is 312 g/mol. The van der Waals surface area contributed by atoms with E-state index in [0.29, 0.717) is 5.56 Å². The molecule has 0 fully saturated rings. The second kappa shape index (κ2) is 8.60. The SMILES string of the molecule is CC(C(=O)OC(C=O)[C@@H](O)[C@H](O)[C@H](O)CO)c1ccccc1. The molecular formula is C15H20O7. The van der Waals surface area contributed by atoms with Gasteiger partial charge in [0.2, 0.25) is 0 Å². The maximum absolute atomic E-state index is 12.0. The van der Waals surface area contributed by atoms with Crippen molar-refractivity contribution in [2.45, 2.75) is 37.3 Å². The standard InChI is InChI=1S/C15H20O7/c1-9(10-5-3-2-4-6-10)15(21)22-12(8-17)14(20)13(19)11(18)7-16/h2-6,8-9,11-14,16,18-20H,7H2,1H3/t9?,11-,12?,13-,14-/m1/s1. The number of esters is 1. The van der Waals surface area contributed by atoms with E-state index in [4.69, 9.17) is 9.84 Å². The molecule has 0 spiro atoms. The van der Waals surface area contributed by atoms with Crippen LogP contribution in [-0.4, -0.2) is 63.7 Å². The Balaban J connectivity index is 2.73. The first-order valence-corrected chi connectivity index (χ1v) is 6.78. The Morgan fingerprint density at radius 2 is 1.77 bits per heavy atom. The summed E-state index contributed by atoms with van der Waals surface area (Å²) in [5.41, 5.74) is 0.669. The number of rotatable bonds is 8. The van der Waals surface area contributed by atoms with Crippen molar-refractivity contribution in [1.29, 1.82) is 0 Å². The molecule has 7 nitrogen and oxygen atoms in total. The molecule has 2 unspecified atom stereocenters. The summed E-state index contributed by atoms with van der Waals surface area (Å²) in [6, 6.07) is 8.69. The van der Waals surface area contributed by atoms with Crippen LogP contribution in [0.4, 0.5) is 0 Å². The summed E-state index contributed by atoms with van der Waals surface area (Å²) < 4.78 is 4.88. The van der Waals surface area contributed by atoms with Gasteiger partial charge in [0.15, 0.2) is 12.4 Å². The minimum atomic E-state index is -1.84. The number of carbonyl (C=O) groups excluding carboxylic acids is 2. The Kier molecular flexibility index (Phi) is 7.13. The first-order chi connectivity index (χ1) is 10.4. The van der Waals surface area contributed by atoms with Gasteiger partial charge >= 0.3 is 5.97 Å². The molecule has 0 amide bonds. The summed E-state index contributed by atoms with van der Waals surface area (Å²) in [5, 5.41) is 37.3. The predicted octanol–water partition coefficient (Wildman–Crippen LogP) is -1.02. The number of aldehydes is 1. The molecule has 122 valence electrons. The van der Waals surface area contributed by atoms with Crippen LogP contribution in [0.15, 0.2) is 30.3 Å². The molecule has 5 atom stereocenters. The molecule has 0 bridgehead atoms. The van der Waals surface area contributed by atoms with Crippen LogP contribution in [0.5, 0.6) is 0 Å². The van der Waals surface area contributed by atoms with E-state index in [9.17, 15) is 24.9 Å². The zero-order chi connectivity index (χ0) is 16.7. The van der Waals surface area contributed by atoms with Crippen molar-refractivity contribution in [1.82, 2.24) is 0 Å². The second-order valence-electron chi connectivity index (χ2n) is 4.90. The molecule has 0 saturated carbocycles. The Hall–Kier alpha value is -1.80. The maximum Gasteiger partial charge on any atom is 0.313 e.